The van der Waals surface area contributed by atoms with Crippen molar-refractivity contribution in [3.63, 3.8) is 0 Å². The lowest BCUT2D eigenvalue weighted by Crippen LogP contribution is -2.26. The first-order valence-electron chi connectivity index (χ1n) is 7.80. The predicted octanol–water partition coefficient (Wildman–Crippen LogP) is 3.71. The molecule has 1 saturated carbocycles. The largest absolute Gasteiger partial charge is 0.416 e. The van der Waals surface area contributed by atoms with E-state index in [2.05, 4.69) is 10.3 Å². The third kappa shape index (κ3) is 4.13. The maximum Gasteiger partial charge on any atom is 0.416 e. The van der Waals surface area contributed by atoms with E-state index in [4.69, 9.17) is 0 Å². The smallest absolute Gasteiger partial charge is 0.353 e. The molecule has 0 radical (unpaired) electrons. The van der Waals surface area contributed by atoms with Gasteiger partial charge >= 0.3 is 6.18 Å². The summed E-state index contributed by atoms with van der Waals surface area (Å²) in [6, 6.07) is 10.8. The van der Waals surface area contributed by atoms with Gasteiger partial charge in [-0.2, -0.15) is 13.2 Å². The van der Waals surface area contributed by atoms with Crippen LogP contribution in [0.3, 0.4) is 0 Å². The quantitative estimate of drug-likeness (QED) is 0.906. The monoisotopic (exact) mass is 334 g/mol. The topological polar surface area (TPSA) is 42.0 Å². The standard InChI is InChI=1S/C18H17F3N2O/c19-18(20,21)13-5-3-4-12(10-13)15-11-16(15)23-17(24)8-7-14-6-1-2-9-22-14/h1-6,9-10,15-16H,7-8,11H2,(H,23,24)/t15-,16-/m0/s1. The average molecular weight is 334 g/mol. The highest BCUT2D eigenvalue weighted by atomic mass is 19.4. The van der Waals surface area contributed by atoms with E-state index in [0.29, 0.717) is 24.8 Å². The molecule has 1 aromatic carbocycles. The molecule has 1 heterocycles. The SMILES string of the molecule is O=C(CCc1ccccn1)N[C@H]1C[C@H]1c1cccc(C(F)(F)F)c1. The minimum atomic E-state index is -4.34. The third-order valence-electron chi connectivity index (χ3n) is 4.11. The van der Waals surface area contributed by atoms with Crippen LogP contribution in [0.15, 0.2) is 48.7 Å². The Morgan fingerprint density at radius 2 is 2.04 bits per heavy atom. The number of carbonyl (C=O) groups excluding carboxylic acids is 1. The molecule has 0 bridgehead atoms. The molecule has 0 spiro atoms. The van der Waals surface area contributed by atoms with Crippen molar-refractivity contribution in [3.05, 3.63) is 65.5 Å². The van der Waals surface area contributed by atoms with Gasteiger partial charge in [0.05, 0.1) is 5.56 Å². The second-order valence-corrected chi connectivity index (χ2v) is 5.96. The molecule has 1 aliphatic carbocycles. The second-order valence-electron chi connectivity index (χ2n) is 5.96. The Labute approximate surface area is 137 Å². The number of rotatable bonds is 5. The normalized spacial score (nSPS) is 19.8. The van der Waals surface area contributed by atoms with Crippen LogP contribution in [0.5, 0.6) is 0 Å². The van der Waals surface area contributed by atoms with Crippen LogP contribution in [0.25, 0.3) is 0 Å². The molecule has 2 aromatic rings. The Morgan fingerprint density at radius 3 is 2.75 bits per heavy atom. The first-order valence-corrected chi connectivity index (χ1v) is 7.80. The zero-order valence-corrected chi connectivity index (χ0v) is 12.9. The van der Waals surface area contributed by atoms with Crippen LogP contribution in [0, 0.1) is 0 Å². The van der Waals surface area contributed by atoms with Crippen molar-refractivity contribution in [2.75, 3.05) is 0 Å². The number of halogens is 3. The Bertz CT molecular complexity index is 716. The highest BCUT2D eigenvalue weighted by Gasteiger charge is 2.40. The summed E-state index contributed by atoms with van der Waals surface area (Å²) in [5, 5.41) is 2.88. The molecule has 1 N–H and O–H groups in total. The molecule has 1 aromatic heterocycles. The van der Waals surface area contributed by atoms with Crippen LogP contribution in [0.1, 0.15) is 35.6 Å². The van der Waals surface area contributed by atoms with Crippen LogP contribution < -0.4 is 5.32 Å². The van der Waals surface area contributed by atoms with Crippen molar-refractivity contribution < 1.29 is 18.0 Å². The maximum absolute atomic E-state index is 12.7. The van der Waals surface area contributed by atoms with Crippen LogP contribution in [0.4, 0.5) is 13.2 Å². The number of hydrogen-bond acceptors (Lipinski definition) is 2. The van der Waals surface area contributed by atoms with Crippen LogP contribution >= 0.6 is 0 Å². The van der Waals surface area contributed by atoms with Crippen molar-refractivity contribution in [1.82, 2.24) is 10.3 Å². The molecule has 0 saturated heterocycles. The fraction of sp³-hybridized carbons (Fsp3) is 0.333. The fourth-order valence-electron chi connectivity index (χ4n) is 2.74. The zero-order valence-electron chi connectivity index (χ0n) is 12.9. The number of nitrogens with zero attached hydrogens (tertiary/aromatic N) is 1. The van der Waals surface area contributed by atoms with Gasteiger partial charge in [-0.3, -0.25) is 9.78 Å². The van der Waals surface area contributed by atoms with Gasteiger partial charge in [0.2, 0.25) is 5.91 Å². The number of aryl methyl sites for hydroxylation is 1. The summed E-state index contributed by atoms with van der Waals surface area (Å²) >= 11 is 0. The summed E-state index contributed by atoms with van der Waals surface area (Å²) in [5.74, 6) is -0.133. The lowest BCUT2D eigenvalue weighted by Gasteiger charge is -2.09. The van der Waals surface area contributed by atoms with E-state index in [9.17, 15) is 18.0 Å². The number of pyridine rings is 1. The van der Waals surface area contributed by atoms with Crippen LogP contribution in [-0.4, -0.2) is 16.9 Å². The van der Waals surface area contributed by atoms with Crippen molar-refractivity contribution in [2.45, 2.75) is 37.4 Å². The number of benzene rings is 1. The van der Waals surface area contributed by atoms with E-state index >= 15 is 0 Å². The molecule has 2 atom stereocenters. The second kappa shape index (κ2) is 6.63. The van der Waals surface area contributed by atoms with Crippen molar-refractivity contribution >= 4 is 5.91 Å². The van der Waals surface area contributed by atoms with E-state index in [-0.39, 0.29) is 17.9 Å². The number of amides is 1. The van der Waals surface area contributed by atoms with Crippen LogP contribution in [-0.2, 0) is 17.4 Å². The highest BCUT2D eigenvalue weighted by molar-refractivity contribution is 5.77. The number of carbonyl (C=O) groups is 1. The minimum absolute atomic E-state index is 0.0360. The molecule has 3 rings (SSSR count). The fourth-order valence-corrected chi connectivity index (χ4v) is 2.74. The molecule has 3 nitrogen and oxygen atoms in total. The molecule has 24 heavy (non-hydrogen) atoms. The summed E-state index contributed by atoms with van der Waals surface area (Å²) in [5.41, 5.74) is 0.824. The van der Waals surface area contributed by atoms with E-state index in [0.717, 1.165) is 11.8 Å². The molecule has 126 valence electrons. The van der Waals surface area contributed by atoms with Gasteiger partial charge in [-0.05, 0) is 36.6 Å². The van der Waals surface area contributed by atoms with Gasteiger partial charge in [-0.25, -0.2) is 0 Å². The summed E-state index contributed by atoms with van der Waals surface area (Å²) in [7, 11) is 0. The lowest BCUT2D eigenvalue weighted by atomic mass is 10.1. The van der Waals surface area contributed by atoms with E-state index in [1.165, 1.54) is 12.1 Å². The average Bonchev–Trinajstić information content (AvgIpc) is 3.32. The number of hydrogen-bond donors (Lipinski definition) is 1. The van der Waals surface area contributed by atoms with Gasteiger partial charge in [-0.15, -0.1) is 0 Å². The molecule has 0 aliphatic heterocycles. The van der Waals surface area contributed by atoms with Gasteiger partial charge in [0.1, 0.15) is 0 Å². The van der Waals surface area contributed by atoms with Gasteiger partial charge < -0.3 is 5.32 Å². The number of nitrogens with one attached hydrogen (secondary N) is 1. The Balaban J connectivity index is 1.51. The van der Waals surface area contributed by atoms with Gasteiger partial charge in [-0.1, -0.05) is 24.3 Å². The van der Waals surface area contributed by atoms with E-state index in [1.54, 1.807) is 12.3 Å². The number of alkyl halides is 3. The molecule has 6 heteroatoms. The molecule has 1 fully saturated rings. The Morgan fingerprint density at radius 1 is 1.21 bits per heavy atom. The Hall–Kier alpha value is -2.37. The first kappa shape index (κ1) is 16.5. The first-order chi connectivity index (χ1) is 11.4. The lowest BCUT2D eigenvalue weighted by molar-refractivity contribution is -0.137. The van der Waals surface area contributed by atoms with Gasteiger partial charge in [0.25, 0.3) is 0 Å². The third-order valence-corrected chi connectivity index (χ3v) is 4.11. The molecule has 0 unspecified atom stereocenters. The van der Waals surface area contributed by atoms with Gasteiger partial charge in [0.15, 0.2) is 0 Å². The zero-order chi connectivity index (χ0) is 17.2. The molecular weight excluding hydrogens is 317 g/mol. The summed E-state index contributed by atoms with van der Waals surface area (Å²) in [4.78, 5) is 16.1. The van der Waals surface area contributed by atoms with E-state index < -0.39 is 11.7 Å². The predicted molar refractivity (Wildman–Crippen MR) is 83.3 cm³/mol. The highest BCUT2D eigenvalue weighted by Crippen LogP contribution is 2.42. The van der Waals surface area contributed by atoms with Crippen molar-refractivity contribution in [2.24, 2.45) is 0 Å². The number of aromatic nitrogens is 1. The van der Waals surface area contributed by atoms with Crippen molar-refractivity contribution in [1.29, 1.82) is 0 Å². The van der Waals surface area contributed by atoms with Crippen molar-refractivity contribution in [3.8, 4) is 0 Å². The minimum Gasteiger partial charge on any atom is -0.353 e. The molecule has 1 amide bonds. The summed E-state index contributed by atoms with van der Waals surface area (Å²) in [6.07, 6.45) is -1.11. The molecule has 1 aliphatic rings. The Kier molecular flexibility index (Phi) is 4.55. The van der Waals surface area contributed by atoms with E-state index in [1.807, 2.05) is 18.2 Å². The summed E-state index contributed by atoms with van der Waals surface area (Å²) < 4.78 is 38.2. The van der Waals surface area contributed by atoms with Crippen LogP contribution in [0.2, 0.25) is 0 Å². The van der Waals surface area contributed by atoms with Gasteiger partial charge in [0, 0.05) is 30.3 Å². The maximum atomic E-state index is 12.7. The summed E-state index contributed by atoms with van der Waals surface area (Å²) in [6.45, 7) is 0. The molecular formula is C18H17F3N2O.